The molecule has 1 fully saturated rings. The number of benzene rings is 1. The van der Waals surface area contributed by atoms with E-state index in [2.05, 4.69) is 5.43 Å². The van der Waals surface area contributed by atoms with Crippen LogP contribution in [0.3, 0.4) is 0 Å². The molecule has 1 saturated carbocycles. The number of nitrogens with two attached hydrogens (primary N) is 1. The number of nitrogens with zero attached hydrogens (tertiary/aromatic N) is 1. The van der Waals surface area contributed by atoms with E-state index in [0.717, 1.165) is 12.3 Å². The van der Waals surface area contributed by atoms with Crippen molar-refractivity contribution in [2.75, 3.05) is 12.0 Å². The van der Waals surface area contributed by atoms with Gasteiger partial charge in [-0.1, -0.05) is 31.4 Å². The van der Waals surface area contributed by atoms with Gasteiger partial charge in [0.2, 0.25) is 0 Å². The van der Waals surface area contributed by atoms with E-state index in [1.165, 1.54) is 25.3 Å². The molecular formula is C13H19N3O3. The number of hydrogen-bond donors (Lipinski definition) is 2. The highest BCUT2D eigenvalue weighted by atomic mass is 16.6. The van der Waals surface area contributed by atoms with Crippen LogP contribution in [0, 0.1) is 16.0 Å². The molecule has 0 spiro atoms. The lowest BCUT2D eigenvalue weighted by molar-refractivity contribution is -0.384. The topological polar surface area (TPSA) is 90.4 Å². The minimum atomic E-state index is -0.451. The van der Waals surface area contributed by atoms with Gasteiger partial charge < -0.3 is 10.2 Å². The lowest BCUT2D eigenvalue weighted by Gasteiger charge is -2.24. The number of nitrogen functional groups attached to an aromatic ring is 1. The molecule has 0 aliphatic heterocycles. The first-order chi connectivity index (χ1) is 9.22. The Kier molecular flexibility index (Phi) is 4.70. The third-order valence-corrected chi connectivity index (χ3v) is 3.62. The average molecular weight is 265 g/mol. The molecule has 1 aromatic carbocycles. The Morgan fingerprint density at radius 1 is 1.47 bits per heavy atom. The number of rotatable bonds is 7. The maximum atomic E-state index is 10.9. The standard InChI is InChI=1S/C13H19N3O3/c14-15-13-11(5-2-6-12(13)16(17)18)9-19-8-7-10-3-1-4-10/h2,5-6,10,15H,1,3-4,7-9,14H2. The predicted octanol–water partition coefficient (Wildman–Crippen LogP) is 2.59. The predicted molar refractivity (Wildman–Crippen MR) is 72.5 cm³/mol. The highest BCUT2D eigenvalue weighted by Gasteiger charge is 2.18. The van der Waals surface area contributed by atoms with Crippen molar-refractivity contribution in [3.63, 3.8) is 0 Å². The summed E-state index contributed by atoms with van der Waals surface area (Å²) in [4.78, 5) is 10.4. The second-order valence-electron chi connectivity index (χ2n) is 4.85. The van der Waals surface area contributed by atoms with Crippen molar-refractivity contribution in [1.82, 2.24) is 0 Å². The van der Waals surface area contributed by atoms with Crippen LogP contribution in [0.1, 0.15) is 31.2 Å². The van der Waals surface area contributed by atoms with Crippen LogP contribution in [-0.2, 0) is 11.3 Å². The van der Waals surface area contributed by atoms with Crippen molar-refractivity contribution >= 4 is 11.4 Å². The Bertz CT molecular complexity index is 447. The molecule has 0 radical (unpaired) electrons. The molecule has 104 valence electrons. The number of ether oxygens (including phenoxy) is 1. The minimum Gasteiger partial charge on any atom is -0.377 e. The molecule has 0 aromatic heterocycles. The molecule has 0 heterocycles. The lowest BCUT2D eigenvalue weighted by Crippen LogP contribution is -2.14. The number of nitro benzene ring substituents is 1. The van der Waals surface area contributed by atoms with Crippen LogP contribution < -0.4 is 11.3 Å². The highest BCUT2D eigenvalue weighted by Crippen LogP contribution is 2.30. The zero-order chi connectivity index (χ0) is 13.7. The third kappa shape index (κ3) is 3.42. The molecule has 1 aromatic rings. The van der Waals surface area contributed by atoms with Crippen LogP contribution in [-0.4, -0.2) is 11.5 Å². The molecule has 1 aliphatic rings. The molecule has 0 saturated heterocycles. The molecule has 3 N–H and O–H groups in total. The summed E-state index contributed by atoms with van der Waals surface area (Å²) in [6, 6.07) is 4.85. The maximum Gasteiger partial charge on any atom is 0.294 e. The monoisotopic (exact) mass is 265 g/mol. The minimum absolute atomic E-state index is 0.0254. The molecule has 0 unspecified atom stereocenters. The normalized spacial score (nSPS) is 15.0. The van der Waals surface area contributed by atoms with Gasteiger partial charge in [0.25, 0.3) is 5.69 Å². The molecule has 2 rings (SSSR count). The lowest BCUT2D eigenvalue weighted by atomic mass is 9.83. The summed E-state index contributed by atoms with van der Waals surface area (Å²) in [5.41, 5.74) is 3.41. The van der Waals surface area contributed by atoms with E-state index >= 15 is 0 Å². The number of nitrogens with one attached hydrogen (secondary N) is 1. The zero-order valence-electron chi connectivity index (χ0n) is 10.8. The summed E-state index contributed by atoms with van der Waals surface area (Å²) in [5, 5.41) is 10.9. The van der Waals surface area contributed by atoms with Gasteiger partial charge >= 0.3 is 0 Å². The summed E-state index contributed by atoms with van der Waals surface area (Å²) in [7, 11) is 0. The van der Waals surface area contributed by atoms with Crippen LogP contribution >= 0.6 is 0 Å². The summed E-state index contributed by atoms with van der Waals surface area (Å²) in [6.07, 6.45) is 5.00. The first-order valence-electron chi connectivity index (χ1n) is 6.53. The van der Waals surface area contributed by atoms with Crippen molar-refractivity contribution in [3.8, 4) is 0 Å². The maximum absolute atomic E-state index is 10.9. The van der Waals surface area contributed by atoms with Crippen LogP contribution in [0.5, 0.6) is 0 Å². The molecule has 0 bridgehead atoms. The Morgan fingerprint density at radius 3 is 2.84 bits per heavy atom. The van der Waals surface area contributed by atoms with Crippen molar-refractivity contribution in [2.24, 2.45) is 11.8 Å². The number of anilines is 1. The zero-order valence-corrected chi connectivity index (χ0v) is 10.8. The second-order valence-corrected chi connectivity index (χ2v) is 4.85. The molecule has 6 heteroatoms. The number of hydrazine groups is 1. The van der Waals surface area contributed by atoms with Gasteiger partial charge in [0.1, 0.15) is 5.69 Å². The van der Waals surface area contributed by atoms with E-state index in [4.69, 9.17) is 10.6 Å². The van der Waals surface area contributed by atoms with Crippen molar-refractivity contribution < 1.29 is 9.66 Å². The first kappa shape index (κ1) is 13.8. The number of para-hydroxylation sites is 1. The number of nitro groups is 1. The smallest absolute Gasteiger partial charge is 0.294 e. The van der Waals surface area contributed by atoms with Crippen LogP contribution in [0.4, 0.5) is 11.4 Å². The average Bonchev–Trinajstić information content (AvgIpc) is 2.35. The summed E-state index contributed by atoms with van der Waals surface area (Å²) < 4.78 is 5.59. The van der Waals surface area contributed by atoms with Gasteiger partial charge in [0, 0.05) is 18.2 Å². The molecule has 0 amide bonds. The fourth-order valence-corrected chi connectivity index (χ4v) is 2.24. The van der Waals surface area contributed by atoms with Gasteiger partial charge in [-0.2, -0.15) is 0 Å². The van der Waals surface area contributed by atoms with Gasteiger partial charge in [-0.3, -0.25) is 16.0 Å². The first-order valence-corrected chi connectivity index (χ1v) is 6.53. The highest BCUT2D eigenvalue weighted by molar-refractivity contribution is 5.65. The molecule has 6 nitrogen and oxygen atoms in total. The van der Waals surface area contributed by atoms with Crippen molar-refractivity contribution in [1.29, 1.82) is 0 Å². The van der Waals surface area contributed by atoms with E-state index < -0.39 is 4.92 Å². The summed E-state index contributed by atoms with van der Waals surface area (Å²) >= 11 is 0. The van der Waals surface area contributed by atoms with E-state index in [-0.39, 0.29) is 5.69 Å². The second kappa shape index (κ2) is 6.49. The van der Waals surface area contributed by atoms with Crippen LogP contribution in [0.2, 0.25) is 0 Å². The van der Waals surface area contributed by atoms with E-state index in [0.29, 0.717) is 24.5 Å². The van der Waals surface area contributed by atoms with Crippen molar-refractivity contribution in [2.45, 2.75) is 32.3 Å². The molecule has 19 heavy (non-hydrogen) atoms. The quantitative estimate of drug-likeness (QED) is 0.342. The van der Waals surface area contributed by atoms with Gasteiger partial charge in [-0.05, 0) is 12.3 Å². The molecular weight excluding hydrogens is 246 g/mol. The Morgan fingerprint density at radius 2 is 2.26 bits per heavy atom. The van der Waals surface area contributed by atoms with Gasteiger partial charge in [0.05, 0.1) is 11.5 Å². The third-order valence-electron chi connectivity index (χ3n) is 3.62. The SMILES string of the molecule is NNc1c(COCCC2CCC2)cccc1[N+](=O)[O-]. The molecule has 1 aliphatic carbocycles. The Hall–Kier alpha value is -1.66. The van der Waals surface area contributed by atoms with E-state index in [1.54, 1.807) is 12.1 Å². The Balaban J connectivity index is 1.91. The van der Waals surface area contributed by atoms with Crippen LogP contribution in [0.25, 0.3) is 0 Å². The van der Waals surface area contributed by atoms with Gasteiger partial charge in [0.15, 0.2) is 0 Å². The largest absolute Gasteiger partial charge is 0.377 e. The molecule has 0 atom stereocenters. The van der Waals surface area contributed by atoms with Gasteiger partial charge in [-0.15, -0.1) is 0 Å². The van der Waals surface area contributed by atoms with Crippen molar-refractivity contribution in [3.05, 3.63) is 33.9 Å². The fraction of sp³-hybridized carbons (Fsp3) is 0.538. The fourth-order valence-electron chi connectivity index (χ4n) is 2.24. The number of hydrogen-bond acceptors (Lipinski definition) is 5. The summed E-state index contributed by atoms with van der Waals surface area (Å²) in [6.45, 7) is 1.03. The van der Waals surface area contributed by atoms with Gasteiger partial charge in [-0.25, -0.2) is 0 Å². The van der Waals surface area contributed by atoms with E-state index in [1.807, 2.05) is 0 Å². The summed E-state index contributed by atoms with van der Waals surface area (Å²) in [5.74, 6) is 6.17. The van der Waals surface area contributed by atoms with Crippen LogP contribution in [0.15, 0.2) is 18.2 Å². The Labute approximate surface area is 112 Å². The van der Waals surface area contributed by atoms with E-state index in [9.17, 15) is 10.1 Å².